The van der Waals surface area contributed by atoms with Crippen molar-refractivity contribution in [3.05, 3.63) is 47.3 Å². The van der Waals surface area contributed by atoms with Crippen molar-refractivity contribution in [1.82, 2.24) is 0 Å². The maximum atomic E-state index is 12.1. The van der Waals surface area contributed by atoms with Gasteiger partial charge in [-0.2, -0.15) is 0 Å². The van der Waals surface area contributed by atoms with Crippen LogP contribution in [-0.4, -0.2) is 21.0 Å². The third kappa shape index (κ3) is 4.32. The topological polar surface area (TPSA) is 72.5 Å². The molecule has 7 heteroatoms. The molecule has 0 aliphatic rings. The van der Waals surface area contributed by atoms with Crippen LogP contribution in [0.25, 0.3) is 0 Å². The van der Waals surface area contributed by atoms with Gasteiger partial charge in [0, 0.05) is 5.69 Å². The lowest BCUT2D eigenvalue weighted by molar-refractivity contribution is 0.0500. The molecule has 0 amide bonds. The van der Waals surface area contributed by atoms with Crippen LogP contribution < -0.4 is 4.72 Å². The van der Waals surface area contributed by atoms with Crippen LogP contribution in [0.1, 0.15) is 30.1 Å². The zero-order valence-corrected chi connectivity index (χ0v) is 13.7. The zero-order chi connectivity index (χ0) is 16.0. The predicted octanol–water partition coefficient (Wildman–Crippen LogP) is 3.51. The van der Waals surface area contributed by atoms with Crippen molar-refractivity contribution in [3.8, 4) is 0 Å². The van der Waals surface area contributed by atoms with Crippen LogP contribution in [0.5, 0.6) is 0 Å². The zero-order valence-electron chi connectivity index (χ0n) is 12.1. The molecule has 0 bridgehead atoms. The number of unbranched alkanes of at least 4 members (excludes halogenated alkanes) is 1. The van der Waals surface area contributed by atoms with E-state index in [0.717, 1.165) is 24.2 Å². The second-order valence-corrected chi connectivity index (χ2v) is 7.46. The van der Waals surface area contributed by atoms with Crippen LogP contribution in [0.4, 0.5) is 5.69 Å². The van der Waals surface area contributed by atoms with Crippen LogP contribution in [0, 0.1) is 0 Å². The highest BCUT2D eigenvalue weighted by atomic mass is 32.2. The number of carbonyl (C=O) groups excluding carboxylic acids is 1. The number of nitrogens with one attached hydrogen (secondary N) is 1. The number of hydrogen-bond donors (Lipinski definition) is 1. The second kappa shape index (κ2) is 7.42. The summed E-state index contributed by atoms with van der Waals surface area (Å²) in [6.45, 7) is 2.41. The number of thiophene rings is 1. The number of anilines is 1. The number of sulfonamides is 1. The Balaban J connectivity index is 2.02. The fourth-order valence-corrected chi connectivity index (χ4v) is 3.74. The summed E-state index contributed by atoms with van der Waals surface area (Å²) in [5.74, 6) is -0.402. The molecule has 0 radical (unpaired) electrons. The quantitative estimate of drug-likeness (QED) is 0.619. The Hall–Kier alpha value is -1.86. The normalized spacial score (nSPS) is 11.1. The highest BCUT2D eigenvalue weighted by Crippen LogP contribution is 2.20. The average Bonchev–Trinajstić information content (AvgIpc) is 3.03. The molecule has 2 aromatic rings. The van der Waals surface area contributed by atoms with E-state index in [1.54, 1.807) is 35.7 Å². The van der Waals surface area contributed by atoms with E-state index in [4.69, 9.17) is 4.74 Å². The lowest BCUT2D eigenvalue weighted by Gasteiger charge is -2.07. The molecule has 1 aromatic carbocycles. The number of esters is 1. The number of ether oxygens (including phenoxy) is 1. The van der Waals surface area contributed by atoms with Gasteiger partial charge in [-0.3, -0.25) is 4.72 Å². The monoisotopic (exact) mass is 339 g/mol. The van der Waals surface area contributed by atoms with Gasteiger partial charge in [0.15, 0.2) is 0 Å². The van der Waals surface area contributed by atoms with E-state index in [1.807, 2.05) is 6.92 Å². The molecule has 0 aliphatic heterocycles. The largest absolute Gasteiger partial charge is 0.462 e. The van der Waals surface area contributed by atoms with Crippen molar-refractivity contribution >= 4 is 33.0 Å². The van der Waals surface area contributed by atoms with Gasteiger partial charge in [0.05, 0.1) is 12.2 Å². The maximum absolute atomic E-state index is 12.1. The molecule has 0 fully saturated rings. The highest BCUT2D eigenvalue weighted by molar-refractivity contribution is 7.94. The third-order valence-electron chi connectivity index (χ3n) is 2.86. The van der Waals surface area contributed by atoms with E-state index in [1.165, 1.54) is 6.07 Å². The highest BCUT2D eigenvalue weighted by Gasteiger charge is 2.15. The molecular formula is C15H17NO4S2. The lowest BCUT2D eigenvalue weighted by Crippen LogP contribution is -2.12. The van der Waals surface area contributed by atoms with Crippen molar-refractivity contribution in [2.24, 2.45) is 0 Å². The Morgan fingerprint density at radius 1 is 1.23 bits per heavy atom. The van der Waals surface area contributed by atoms with Crippen LogP contribution in [-0.2, 0) is 14.8 Å². The van der Waals surface area contributed by atoms with E-state index >= 15 is 0 Å². The van der Waals surface area contributed by atoms with Crippen LogP contribution in [0.2, 0.25) is 0 Å². The molecule has 22 heavy (non-hydrogen) atoms. The summed E-state index contributed by atoms with van der Waals surface area (Å²) < 4.78 is 31.9. The second-order valence-electron chi connectivity index (χ2n) is 4.60. The minimum atomic E-state index is -3.57. The van der Waals surface area contributed by atoms with Crippen molar-refractivity contribution in [1.29, 1.82) is 0 Å². The minimum absolute atomic E-state index is 0.246. The van der Waals surface area contributed by atoms with Gasteiger partial charge in [0.1, 0.15) is 4.21 Å². The molecule has 0 atom stereocenters. The maximum Gasteiger partial charge on any atom is 0.338 e. The minimum Gasteiger partial charge on any atom is -0.462 e. The summed E-state index contributed by atoms with van der Waals surface area (Å²) >= 11 is 1.14. The molecule has 0 unspecified atom stereocenters. The molecule has 0 spiro atoms. The molecular weight excluding hydrogens is 322 g/mol. The first-order valence-electron chi connectivity index (χ1n) is 6.86. The van der Waals surface area contributed by atoms with Crippen LogP contribution in [0.15, 0.2) is 46.0 Å². The van der Waals surface area contributed by atoms with Gasteiger partial charge >= 0.3 is 5.97 Å². The molecule has 118 valence electrons. The van der Waals surface area contributed by atoms with Gasteiger partial charge in [0.2, 0.25) is 0 Å². The summed E-state index contributed by atoms with van der Waals surface area (Å²) in [7, 11) is -3.57. The molecule has 0 saturated carbocycles. The van der Waals surface area contributed by atoms with Crippen molar-refractivity contribution < 1.29 is 17.9 Å². The first-order chi connectivity index (χ1) is 10.5. The Morgan fingerprint density at radius 3 is 2.55 bits per heavy atom. The number of rotatable bonds is 7. The summed E-state index contributed by atoms with van der Waals surface area (Å²) in [6, 6.07) is 9.38. The van der Waals surface area contributed by atoms with Gasteiger partial charge in [-0.05, 0) is 42.1 Å². The third-order valence-corrected chi connectivity index (χ3v) is 5.64. The number of hydrogen-bond acceptors (Lipinski definition) is 5. The van der Waals surface area contributed by atoms with Gasteiger partial charge in [-0.15, -0.1) is 11.3 Å². The summed E-state index contributed by atoms with van der Waals surface area (Å²) in [6.07, 6.45) is 1.78. The molecule has 5 nitrogen and oxygen atoms in total. The molecule has 2 rings (SSSR count). The summed E-state index contributed by atoms with van der Waals surface area (Å²) in [5.41, 5.74) is 0.800. The smallest absolute Gasteiger partial charge is 0.338 e. The lowest BCUT2D eigenvalue weighted by atomic mass is 10.2. The Bertz CT molecular complexity index is 707. The molecule has 0 saturated heterocycles. The van der Waals surface area contributed by atoms with E-state index in [-0.39, 0.29) is 4.21 Å². The Morgan fingerprint density at radius 2 is 1.95 bits per heavy atom. The Labute approximate surface area is 134 Å². The fourth-order valence-electron chi connectivity index (χ4n) is 1.69. The van der Waals surface area contributed by atoms with E-state index < -0.39 is 16.0 Å². The number of benzene rings is 1. The average molecular weight is 339 g/mol. The molecule has 1 N–H and O–H groups in total. The van der Waals surface area contributed by atoms with E-state index in [9.17, 15) is 13.2 Å². The molecule has 1 heterocycles. The van der Waals surface area contributed by atoms with E-state index in [2.05, 4.69) is 4.72 Å². The Kier molecular flexibility index (Phi) is 5.57. The first-order valence-corrected chi connectivity index (χ1v) is 9.22. The summed E-state index contributed by atoms with van der Waals surface area (Å²) in [4.78, 5) is 11.7. The van der Waals surface area contributed by atoms with E-state index in [0.29, 0.717) is 17.9 Å². The van der Waals surface area contributed by atoms with Crippen molar-refractivity contribution in [3.63, 3.8) is 0 Å². The molecule has 1 aromatic heterocycles. The van der Waals surface area contributed by atoms with Crippen molar-refractivity contribution in [2.45, 2.75) is 24.0 Å². The van der Waals surface area contributed by atoms with Gasteiger partial charge in [0.25, 0.3) is 10.0 Å². The van der Waals surface area contributed by atoms with Crippen molar-refractivity contribution in [2.75, 3.05) is 11.3 Å². The first kappa shape index (κ1) is 16.5. The van der Waals surface area contributed by atoms with Gasteiger partial charge in [-0.1, -0.05) is 19.4 Å². The van der Waals surface area contributed by atoms with Gasteiger partial charge in [-0.25, -0.2) is 13.2 Å². The van der Waals surface area contributed by atoms with Gasteiger partial charge < -0.3 is 4.74 Å². The predicted molar refractivity (Wildman–Crippen MR) is 86.8 cm³/mol. The SMILES string of the molecule is CCCCOC(=O)c1ccc(NS(=O)(=O)c2cccs2)cc1. The summed E-state index contributed by atoms with van der Waals surface area (Å²) in [5, 5.41) is 1.70. The fraction of sp³-hybridized carbons (Fsp3) is 0.267. The van der Waals surface area contributed by atoms with Crippen LogP contribution >= 0.6 is 11.3 Å². The molecule has 0 aliphatic carbocycles. The van der Waals surface area contributed by atoms with Crippen LogP contribution in [0.3, 0.4) is 0 Å². The number of carbonyl (C=O) groups is 1. The standard InChI is InChI=1S/C15H17NO4S2/c1-2-3-10-20-15(17)12-6-8-13(9-7-12)16-22(18,19)14-5-4-11-21-14/h4-9,11,16H,2-3,10H2,1H3.